The Balaban J connectivity index is 1.67. The zero-order valence-electron chi connectivity index (χ0n) is 9.63. The van der Waals surface area contributed by atoms with Gasteiger partial charge >= 0.3 is 0 Å². The largest absolute Gasteiger partial charge is 0.316 e. The molecule has 2 aliphatic heterocycles. The number of halogens is 2. The molecule has 1 aromatic carbocycles. The van der Waals surface area contributed by atoms with Crippen LogP contribution in [0.3, 0.4) is 0 Å². The topological polar surface area (TPSA) is 15.3 Å². The fraction of sp³-hybridized carbons (Fsp3) is 0.538. The Hall–Kier alpha value is -0.280. The summed E-state index contributed by atoms with van der Waals surface area (Å²) in [5, 5.41) is 4.95. The van der Waals surface area contributed by atoms with Crippen LogP contribution in [-0.2, 0) is 6.54 Å². The molecule has 2 aliphatic rings. The molecule has 1 N–H and O–H groups in total. The molecule has 2 atom stereocenters. The molecule has 4 heteroatoms. The standard InChI is InChI=1S/C13H16Cl2N2/c14-12-2-1-9(13(15)3-12)6-17-7-10-4-16-5-11(10)8-17/h1-3,10-11,16H,4-8H2/t10-,11+. The molecule has 0 aliphatic carbocycles. The Bertz CT molecular complexity index is 410. The summed E-state index contributed by atoms with van der Waals surface area (Å²) in [6.07, 6.45) is 0. The zero-order valence-corrected chi connectivity index (χ0v) is 11.1. The molecule has 2 nitrogen and oxygen atoms in total. The first-order valence-electron chi connectivity index (χ1n) is 6.09. The lowest BCUT2D eigenvalue weighted by Gasteiger charge is -2.17. The van der Waals surface area contributed by atoms with Crippen LogP contribution in [0.2, 0.25) is 10.0 Å². The SMILES string of the molecule is Clc1ccc(CN2C[C@H]3CNC[C@H]3C2)c(Cl)c1. The number of likely N-dealkylation sites (tertiary alicyclic amines) is 1. The van der Waals surface area contributed by atoms with E-state index in [4.69, 9.17) is 23.2 Å². The van der Waals surface area contributed by atoms with E-state index in [0.717, 1.165) is 23.4 Å². The van der Waals surface area contributed by atoms with Crippen molar-refractivity contribution in [3.8, 4) is 0 Å². The Kier molecular flexibility index (Phi) is 3.31. The van der Waals surface area contributed by atoms with Gasteiger partial charge in [0.05, 0.1) is 0 Å². The second kappa shape index (κ2) is 4.77. The van der Waals surface area contributed by atoms with Gasteiger partial charge in [0.1, 0.15) is 0 Å². The van der Waals surface area contributed by atoms with E-state index in [1.165, 1.54) is 31.7 Å². The number of hydrogen-bond acceptors (Lipinski definition) is 2. The Morgan fingerprint density at radius 2 is 1.88 bits per heavy atom. The number of hydrogen-bond donors (Lipinski definition) is 1. The zero-order chi connectivity index (χ0) is 11.8. The van der Waals surface area contributed by atoms with E-state index in [0.29, 0.717) is 5.02 Å². The van der Waals surface area contributed by atoms with Gasteiger partial charge in [-0.05, 0) is 42.6 Å². The van der Waals surface area contributed by atoms with E-state index in [9.17, 15) is 0 Å². The summed E-state index contributed by atoms with van der Waals surface area (Å²) in [6.45, 7) is 5.68. The van der Waals surface area contributed by atoms with E-state index in [1.54, 1.807) is 0 Å². The van der Waals surface area contributed by atoms with Crippen molar-refractivity contribution in [2.75, 3.05) is 26.2 Å². The molecule has 0 bridgehead atoms. The Morgan fingerprint density at radius 3 is 2.53 bits per heavy atom. The fourth-order valence-corrected chi connectivity index (χ4v) is 3.44. The second-order valence-corrected chi connectivity index (χ2v) is 5.95. The van der Waals surface area contributed by atoms with Crippen molar-refractivity contribution in [2.45, 2.75) is 6.54 Å². The van der Waals surface area contributed by atoms with Crippen molar-refractivity contribution in [2.24, 2.45) is 11.8 Å². The van der Waals surface area contributed by atoms with Crippen LogP contribution >= 0.6 is 23.2 Å². The number of fused-ring (bicyclic) bond motifs is 1. The van der Waals surface area contributed by atoms with Crippen molar-refractivity contribution < 1.29 is 0 Å². The van der Waals surface area contributed by atoms with Crippen LogP contribution in [0.4, 0.5) is 0 Å². The third-order valence-corrected chi connectivity index (χ3v) is 4.46. The van der Waals surface area contributed by atoms with Gasteiger partial charge in [-0.2, -0.15) is 0 Å². The van der Waals surface area contributed by atoms with Gasteiger partial charge in [-0.15, -0.1) is 0 Å². The van der Waals surface area contributed by atoms with Crippen molar-refractivity contribution in [3.63, 3.8) is 0 Å². The first-order chi connectivity index (χ1) is 8.22. The van der Waals surface area contributed by atoms with E-state index < -0.39 is 0 Å². The molecular formula is C13H16Cl2N2. The van der Waals surface area contributed by atoms with Crippen LogP contribution in [0.15, 0.2) is 18.2 Å². The fourth-order valence-electron chi connectivity index (χ4n) is 2.97. The maximum Gasteiger partial charge on any atom is 0.0465 e. The molecular weight excluding hydrogens is 255 g/mol. The molecule has 2 heterocycles. The number of nitrogens with zero attached hydrogens (tertiary/aromatic N) is 1. The summed E-state index contributed by atoms with van der Waals surface area (Å²) in [6, 6.07) is 5.79. The number of rotatable bonds is 2. The molecule has 0 spiro atoms. The minimum atomic E-state index is 0.709. The van der Waals surface area contributed by atoms with Gasteiger partial charge in [-0.1, -0.05) is 29.3 Å². The molecule has 0 saturated carbocycles. The maximum absolute atomic E-state index is 6.21. The van der Waals surface area contributed by atoms with Gasteiger partial charge in [0.15, 0.2) is 0 Å². The second-order valence-electron chi connectivity index (χ2n) is 5.11. The highest BCUT2D eigenvalue weighted by molar-refractivity contribution is 6.35. The average molecular weight is 271 g/mol. The maximum atomic E-state index is 6.21. The van der Waals surface area contributed by atoms with Gasteiger partial charge in [0.25, 0.3) is 0 Å². The highest BCUT2D eigenvalue weighted by Gasteiger charge is 2.35. The molecule has 0 amide bonds. The quantitative estimate of drug-likeness (QED) is 0.889. The summed E-state index contributed by atoms with van der Waals surface area (Å²) >= 11 is 12.1. The highest BCUT2D eigenvalue weighted by atomic mass is 35.5. The van der Waals surface area contributed by atoms with Crippen LogP contribution in [0.25, 0.3) is 0 Å². The lowest BCUT2D eigenvalue weighted by molar-refractivity contribution is 0.306. The number of nitrogens with one attached hydrogen (secondary N) is 1. The van der Waals surface area contributed by atoms with Crippen molar-refractivity contribution in [3.05, 3.63) is 33.8 Å². The molecule has 0 unspecified atom stereocenters. The van der Waals surface area contributed by atoms with Crippen LogP contribution < -0.4 is 5.32 Å². The van der Waals surface area contributed by atoms with Gasteiger partial charge in [0.2, 0.25) is 0 Å². The summed E-state index contributed by atoms with van der Waals surface area (Å²) in [5.74, 6) is 1.67. The minimum absolute atomic E-state index is 0.709. The van der Waals surface area contributed by atoms with Crippen molar-refractivity contribution in [1.82, 2.24) is 10.2 Å². The number of benzene rings is 1. The first-order valence-corrected chi connectivity index (χ1v) is 6.85. The van der Waals surface area contributed by atoms with Crippen LogP contribution in [0, 0.1) is 11.8 Å². The van der Waals surface area contributed by atoms with Gasteiger partial charge < -0.3 is 5.32 Å². The summed E-state index contributed by atoms with van der Waals surface area (Å²) in [5.41, 5.74) is 1.18. The van der Waals surface area contributed by atoms with E-state index in [-0.39, 0.29) is 0 Å². The Morgan fingerprint density at radius 1 is 1.18 bits per heavy atom. The summed E-state index contributed by atoms with van der Waals surface area (Å²) < 4.78 is 0. The molecule has 17 heavy (non-hydrogen) atoms. The lowest BCUT2D eigenvalue weighted by atomic mass is 10.0. The third-order valence-electron chi connectivity index (χ3n) is 3.87. The van der Waals surface area contributed by atoms with Crippen molar-refractivity contribution >= 4 is 23.2 Å². The molecule has 2 saturated heterocycles. The molecule has 92 valence electrons. The van der Waals surface area contributed by atoms with Gasteiger partial charge in [0, 0.05) is 29.7 Å². The van der Waals surface area contributed by atoms with E-state index >= 15 is 0 Å². The Labute approximate surface area is 112 Å². The normalized spacial score (nSPS) is 28.6. The van der Waals surface area contributed by atoms with Crippen LogP contribution in [-0.4, -0.2) is 31.1 Å². The van der Waals surface area contributed by atoms with Crippen LogP contribution in [0.5, 0.6) is 0 Å². The monoisotopic (exact) mass is 270 g/mol. The third kappa shape index (κ3) is 2.45. The molecule has 3 rings (SSSR count). The average Bonchev–Trinajstić information content (AvgIpc) is 2.82. The summed E-state index contributed by atoms with van der Waals surface area (Å²) in [4.78, 5) is 2.51. The first kappa shape index (κ1) is 11.8. The van der Waals surface area contributed by atoms with Crippen molar-refractivity contribution in [1.29, 1.82) is 0 Å². The minimum Gasteiger partial charge on any atom is -0.316 e. The predicted octanol–water partition coefficient (Wildman–Crippen LogP) is 2.64. The molecule has 2 fully saturated rings. The van der Waals surface area contributed by atoms with Gasteiger partial charge in [-0.25, -0.2) is 0 Å². The van der Waals surface area contributed by atoms with E-state index in [2.05, 4.69) is 10.2 Å². The van der Waals surface area contributed by atoms with E-state index in [1.807, 2.05) is 18.2 Å². The summed E-state index contributed by atoms with van der Waals surface area (Å²) in [7, 11) is 0. The molecule has 0 aromatic heterocycles. The highest BCUT2D eigenvalue weighted by Crippen LogP contribution is 2.29. The molecule has 0 radical (unpaired) electrons. The van der Waals surface area contributed by atoms with Crippen LogP contribution in [0.1, 0.15) is 5.56 Å². The smallest absolute Gasteiger partial charge is 0.0465 e. The van der Waals surface area contributed by atoms with Gasteiger partial charge in [-0.3, -0.25) is 4.90 Å². The predicted molar refractivity (Wildman–Crippen MR) is 71.6 cm³/mol. The molecule has 1 aromatic rings. The lowest BCUT2D eigenvalue weighted by Crippen LogP contribution is -2.25.